The van der Waals surface area contributed by atoms with Crippen LogP contribution in [0.15, 0.2) is 61.2 Å². The lowest BCUT2D eigenvalue weighted by molar-refractivity contribution is 0.283. The van der Waals surface area contributed by atoms with Gasteiger partial charge in [-0.2, -0.15) is 4.31 Å². The van der Waals surface area contributed by atoms with Crippen LogP contribution in [0.1, 0.15) is 51.1 Å². The highest BCUT2D eigenvalue weighted by Gasteiger charge is 2.46. The maximum absolute atomic E-state index is 15.4. The molecule has 0 amide bonds. The Kier molecular flexibility index (Phi) is 7.06. The second-order valence-corrected chi connectivity index (χ2v) is 12.4. The first kappa shape index (κ1) is 25.8. The Hall–Kier alpha value is -2.85. The molecule has 1 aliphatic carbocycles. The average Bonchev–Trinajstić information content (AvgIpc) is 3.62. The van der Waals surface area contributed by atoms with E-state index in [1.807, 2.05) is 29.4 Å². The molecule has 1 aromatic carbocycles. The molecule has 10 heteroatoms. The highest BCUT2D eigenvalue weighted by molar-refractivity contribution is 7.90. The Balaban J connectivity index is 1.36. The normalized spacial score (nSPS) is 29.9. The molecular formula is C27H33F2N5O2S. The SMILES string of the molecule is C=C/C(=C\C=C/C)C1CCC(C)N(Cc2cc(F)c(N3CC4CC3CC4n3cnnc3)cc2F)S1(=O)=O. The number of piperidine rings is 1. The molecule has 0 N–H and O–H groups in total. The summed E-state index contributed by atoms with van der Waals surface area (Å²) in [5.74, 6) is -0.801. The van der Waals surface area contributed by atoms with Gasteiger partial charge in [0.15, 0.2) is 0 Å². The summed E-state index contributed by atoms with van der Waals surface area (Å²) in [5, 5.41) is 7.02. The topological polar surface area (TPSA) is 71.3 Å². The number of hydrogen-bond acceptors (Lipinski definition) is 5. The zero-order chi connectivity index (χ0) is 26.3. The third-order valence-electron chi connectivity index (χ3n) is 8.19. The van der Waals surface area contributed by atoms with Gasteiger partial charge in [-0.05, 0) is 57.1 Å². The summed E-state index contributed by atoms with van der Waals surface area (Å²) < 4.78 is 61.2. The van der Waals surface area contributed by atoms with Crippen LogP contribution in [0.2, 0.25) is 0 Å². The summed E-state index contributed by atoms with van der Waals surface area (Å²) in [7, 11) is -3.80. The first-order valence-corrected chi connectivity index (χ1v) is 14.3. The van der Waals surface area contributed by atoms with Gasteiger partial charge < -0.3 is 9.47 Å². The number of anilines is 1. The predicted octanol–water partition coefficient (Wildman–Crippen LogP) is 4.77. The van der Waals surface area contributed by atoms with Crippen molar-refractivity contribution in [3.8, 4) is 0 Å². The summed E-state index contributed by atoms with van der Waals surface area (Å²) in [6.07, 6.45) is 13.1. The van der Waals surface area contributed by atoms with Crippen molar-refractivity contribution in [2.75, 3.05) is 11.4 Å². The van der Waals surface area contributed by atoms with Crippen molar-refractivity contribution in [1.29, 1.82) is 0 Å². The number of halogens is 2. The highest BCUT2D eigenvalue weighted by atomic mass is 32.2. The van der Waals surface area contributed by atoms with E-state index in [9.17, 15) is 8.42 Å². The number of hydrogen-bond donors (Lipinski definition) is 0. The highest BCUT2D eigenvalue weighted by Crippen LogP contribution is 2.47. The van der Waals surface area contributed by atoms with E-state index in [1.165, 1.54) is 16.4 Å². The number of nitrogens with zero attached hydrogens (tertiary/aromatic N) is 5. The van der Waals surface area contributed by atoms with Gasteiger partial charge in [0.25, 0.3) is 0 Å². The quantitative estimate of drug-likeness (QED) is 0.484. The maximum Gasteiger partial charge on any atom is 0.221 e. The van der Waals surface area contributed by atoms with Crippen LogP contribution in [0, 0.1) is 17.6 Å². The Morgan fingerprint density at radius 3 is 2.57 bits per heavy atom. The first-order chi connectivity index (χ1) is 17.7. The number of rotatable bonds is 7. The van der Waals surface area contributed by atoms with Crippen LogP contribution in [-0.4, -0.2) is 51.4 Å². The minimum absolute atomic E-state index is 0.0432. The summed E-state index contributed by atoms with van der Waals surface area (Å²) in [6, 6.07) is 2.47. The predicted molar refractivity (Wildman–Crippen MR) is 139 cm³/mol. The molecule has 7 nitrogen and oxygen atoms in total. The monoisotopic (exact) mass is 529 g/mol. The van der Waals surface area contributed by atoms with Gasteiger partial charge in [-0.25, -0.2) is 17.2 Å². The van der Waals surface area contributed by atoms with Crippen molar-refractivity contribution in [2.24, 2.45) is 5.92 Å². The van der Waals surface area contributed by atoms with Gasteiger partial charge in [-0.1, -0.05) is 30.9 Å². The number of allylic oxidation sites excluding steroid dienone is 4. The number of benzene rings is 1. The van der Waals surface area contributed by atoms with Crippen molar-refractivity contribution in [1.82, 2.24) is 19.1 Å². The van der Waals surface area contributed by atoms with Crippen molar-refractivity contribution < 1.29 is 17.2 Å². The Bertz CT molecular complexity index is 1320. The van der Waals surface area contributed by atoms with Crippen LogP contribution in [0.25, 0.3) is 0 Å². The maximum atomic E-state index is 15.4. The lowest BCUT2D eigenvalue weighted by Gasteiger charge is -2.38. The summed E-state index contributed by atoms with van der Waals surface area (Å²) in [4.78, 5) is 1.95. The number of aromatic nitrogens is 3. The molecule has 2 aliphatic heterocycles. The van der Waals surface area contributed by atoms with Crippen molar-refractivity contribution >= 4 is 15.7 Å². The van der Waals surface area contributed by atoms with E-state index in [-0.39, 0.29) is 35.9 Å². The van der Waals surface area contributed by atoms with Crippen molar-refractivity contribution in [3.63, 3.8) is 0 Å². The van der Waals surface area contributed by atoms with Gasteiger partial charge >= 0.3 is 0 Å². The fraction of sp³-hybridized carbons (Fsp3) is 0.481. The van der Waals surface area contributed by atoms with Crippen molar-refractivity contribution in [3.05, 3.63) is 78.4 Å². The molecule has 5 unspecified atom stereocenters. The molecule has 198 valence electrons. The van der Waals surface area contributed by atoms with Crippen molar-refractivity contribution in [2.45, 2.75) is 69.5 Å². The van der Waals surface area contributed by atoms with E-state index in [1.54, 1.807) is 30.9 Å². The fourth-order valence-corrected chi connectivity index (χ4v) is 8.46. The Morgan fingerprint density at radius 2 is 1.92 bits per heavy atom. The van der Waals surface area contributed by atoms with E-state index in [2.05, 4.69) is 16.8 Å². The van der Waals surface area contributed by atoms with Crippen LogP contribution < -0.4 is 4.90 Å². The van der Waals surface area contributed by atoms with Gasteiger partial charge in [0, 0.05) is 42.8 Å². The molecule has 3 fully saturated rings. The van der Waals surface area contributed by atoms with E-state index in [4.69, 9.17) is 0 Å². The molecule has 1 aromatic heterocycles. The second-order valence-electron chi connectivity index (χ2n) is 10.3. The molecule has 2 saturated heterocycles. The molecule has 3 heterocycles. The number of sulfonamides is 1. The van der Waals surface area contributed by atoms with Gasteiger partial charge in [0.1, 0.15) is 29.5 Å². The van der Waals surface area contributed by atoms with Crippen LogP contribution in [-0.2, 0) is 16.6 Å². The zero-order valence-corrected chi connectivity index (χ0v) is 22.0. The zero-order valence-electron chi connectivity index (χ0n) is 21.2. The standard InChI is InChI=1S/C27H33F2N5O2S/c1-4-6-7-19(5-2)27-9-8-18(3)34(37(27,35)36)15-20-11-24(29)26(13-23(20)28)33-14-21-10-22(33)12-25(21)32-16-30-31-17-32/h4-7,11,13,16-18,21-22,25,27H,2,8-10,12,14-15H2,1,3H3/b6-4-,19-7+. The molecule has 5 atom stereocenters. The van der Waals surface area contributed by atoms with Gasteiger partial charge in [-0.3, -0.25) is 0 Å². The van der Waals surface area contributed by atoms with Gasteiger partial charge in [0.2, 0.25) is 10.0 Å². The molecule has 1 saturated carbocycles. The van der Waals surface area contributed by atoms with E-state index in [0.29, 0.717) is 30.9 Å². The molecule has 5 rings (SSSR count). The third-order valence-corrected chi connectivity index (χ3v) is 10.6. The van der Waals surface area contributed by atoms with Crippen LogP contribution in [0.5, 0.6) is 0 Å². The molecule has 2 bridgehead atoms. The molecular weight excluding hydrogens is 496 g/mol. The summed E-state index contributed by atoms with van der Waals surface area (Å²) >= 11 is 0. The van der Waals surface area contributed by atoms with Gasteiger partial charge in [-0.15, -0.1) is 10.2 Å². The minimum Gasteiger partial charge on any atom is -0.366 e. The second kappa shape index (κ2) is 10.1. The van der Waals surface area contributed by atoms with Crippen LogP contribution in [0.4, 0.5) is 14.5 Å². The van der Waals surface area contributed by atoms with Crippen LogP contribution in [0.3, 0.4) is 0 Å². The molecule has 2 aromatic rings. The van der Waals surface area contributed by atoms with Gasteiger partial charge in [0.05, 0.1) is 5.69 Å². The summed E-state index contributed by atoms with van der Waals surface area (Å²) in [5.41, 5.74) is 0.888. The third kappa shape index (κ3) is 4.65. The average molecular weight is 530 g/mol. The minimum atomic E-state index is -3.80. The fourth-order valence-electron chi connectivity index (χ4n) is 6.25. The lowest BCUT2D eigenvalue weighted by atomic mass is 10.0. The van der Waals surface area contributed by atoms with Crippen LogP contribution >= 0.6 is 0 Å². The lowest BCUT2D eigenvalue weighted by Crippen LogP contribution is -2.48. The largest absolute Gasteiger partial charge is 0.366 e. The van der Waals surface area contributed by atoms with E-state index >= 15 is 8.78 Å². The molecule has 3 aliphatic rings. The smallest absolute Gasteiger partial charge is 0.221 e. The van der Waals surface area contributed by atoms with E-state index < -0.39 is 26.9 Å². The Labute approximate surface area is 217 Å². The summed E-state index contributed by atoms with van der Waals surface area (Å²) in [6.45, 7) is 7.87. The van der Waals surface area contributed by atoms with E-state index in [0.717, 1.165) is 12.8 Å². The molecule has 37 heavy (non-hydrogen) atoms. The number of fused-ring (bicyclic) bond motifs is 2. The Morgan fingerprint density at radius 1 is 1.16 bits per heavy atom. The molecule has 0 radical (unpaired) electrons. The molecule has 0 spiro atoms. The first-order valence-electron chi connectivity index (χ1n) is 12.8.